The molecule has 0 aromatic heterocycles. The maximum Gasteiger partial charge on any atom is 0.0208 e. The van der Waals surface area contributed by atoms with Gasteiger partial charge in [-0.1, -0.05) is 50.9 Å². The largest absolute Gasteiger partial charge is 0.310 e. The zero-order valence-corrected chi connectivity index (χ0v) is 12.3. The molecule has 0 fully saturated rings. The summed E-state index contributed by atoms with van der Waals surface area (Å²) >= 11 is 7.04. The Morgan fingerprint density at radius 1 is 1.33 bits per heavy atom. The molecular weight excluding hydrogens is 318 g/mol. The minimum absolute atomic E-state index is 0.540. The molecule has 0 heterocycles. The molecule has 1 N–H and O–H groups in total. The van der Waals surface area contributed by atoms with Gasteiger partial charge in [0.1, 0.15) is 0 Å². The third-order valence-electron chi connectivity index (χ3n) is 2.22. The molecule has 0 aliphatic carbocycles. The average Bonchev–Trinajstić information content (AvgIpc) is 2.14. The van der Waals surface area contributed by atoms with Gasteiger partial charge in [0.2, 0.25) is 0 Å². The van der Waals surface area contributed by atoms with E-state index < -0.39 is 0 Å². The molecule has 0 radical (unpaired) electrons. The summed E-state index contributed by atoms with van der Waals surface area (Å²) < 4.78 is 1.14. The number of benzene rings is 1. The second-order valence-electron chi connectivity index (χ2n) is 3.93. The standard InChI is InChI=1S/C12H17Br2N/c1-9(13)6-10(2)15-8-11-4-3-5-12(14)7-11/h3-5,7,9-10,15H,6,8H2,1-2H3. The van der Waals surface area contributed by atoms with Crippen molar-refractivity contribution in [2.45, 2.75) is 37.7 Å². The first-order chi connectivity index (χ1) is 7.08. The van der Waals surface area contributed by atoms with E-state index in [0.29, 0.717) is 10.9 Å². The van der Waals surface area contributed by atoms with Gasteiger partial charge in [-0.2, -0.15) is 0 Å². The van der Waals surface area contributed by atoms with Crippen LogP contribution in [0.1, 0.15) is 25.8 Å². The summed E-state index contributed by atoms with van der Waals surface area (Å²) in [7, 11) is 0. The maximum atomic E-state index is 3.57. The zero-order chi connectivity index (χ0) is 11.3. The highest BCUT2D eigenvalue weighted by Gasteiger charge is 2.05. The van der Waals surface area contributed by atoms with Crippen LogP contribution in [0.4, 0.5) is 0 Å². The highest BCUT2D eigenvalue weighted by Crippen LogP contribution is 2.12. The monoisotopic (exact) mass is 333 g/mol. The summed E-state index contributed by atoms with van der Waals surface area (Å²) in [5.74, 6) is 0. The summed E-state index contributed by atoms with van der Waals surface area (Å²) in [6.45, 7) is 5.33. The fourth-order valence-electron chi connectivity index (χ4n) is 1.51. The van der Waals surface area contributed by atoms with E-state index in [9.17, 15) is 0 Å². The van der Waals surface area contributed by atoms with Crippen molar-refractivity contribution in [3.63, 3.8) is 0 Å². The van der Waals surface area contributed by atoms with E-state index in [4.69, 9.17) is 0 Å². The van der Waals surface area contributed by atoms with Gasteiger partial charge in [-0.15, -0.1) is 0 Å². The van der Waals surface area contributed by atoms with Crippen molar-refractivity contribution in [1.82, 2.24) is 5.32 Å². The second-order valence-corrected chi connectivity index (χ2v) is 6.41. The fraction of sp³-hybridized carbons (Fsp3) is 0.500. The van der Waals surface area contributed by atoms with E-state index >= 15 is 0 Å². The third-order valence-corrected chi connectivity index (χ3v) is 3.09. The van der Waals surface area contributed by atoms with E-state index in [-0.39, 0.29) is 0 Å². The van der Waals surface area contributed by atoms with Gasteiger partial charge >= 0.3 is 0 Å². The number of halogens is 2. The van der Waals surface area contributed by atoms with Gasteiger partial charge in [0.25, 0.3) is 0 Å². The summed E-state index contributed by atoms with van der Waals surface area (Å²) in [5, 5.41) is 3.51. The van der Waals surface area contributed by atoms with Crippen molar-refractivity contribution in [2.75, 3.05) is 0 Å². The summed E-state index contributed by atoms with van der Waals surface area (Å²) in [6.07, 6.45) is 1.15. The highest BCUT2D eigenvalue weighted by atomic mass is 79.9. The van der Waals surface area contributed by atoms with Gasteiger partial charge in [0.15, 0.2) is 0 Å². The van der Waals surface area contributed by atoms with E-state index in [1.807, 2.05) is 6.07 Å². The summed E-state index contributed by atoms with van der Waals surface area (Å²) in [6, 6.07) is 8.95. The van der Waals surface area contributed by atoms with Gasteiger partial charge in [-0.3, -0.25) is 0 Å². The first-order valence-electron chi connectivity index (χ1n) is 5.20. The maximum absolute atomic E-state index is 3.57. The molecule has 0 aliphatic rings. The van der Waals surface area contributed by atoms with Gasteiger partial charge in [0.05, 0.1) is 0 Å². The predicted molar refractivity (Wildman–Crippen MR) is 73.4 cm³/mol. The SMILES string of the molecule is CC(Br)CC(C)NCc1cccc(Br)c1. The van der Waals surface area contributed by atoms with Crippen LogP contribution in [0, 0.1) is 0 Å². The lowest BCUT2D eigenvalue weighted by Gasteiger charge is -2.15. The molecule has 15 heavy (non-hydrogen) atoms. The number of nitrogens with one attached hydrogen (secondary N) is 1. The Balaban J connectivity index is 2.36. The predicted octanol–water partition coefficient (Wildman–Crippen LogP) is 4.10. The van der Waals surface area contributed by atoms with Crippen LogP contribution in [0.15, 0.2) is 28.7 Å². The van der Waals surface area contributed by atoms with Gasteiger partial charge in [-0.05, 0) is 31.0 Å². The van der Waals surface area contributed by atoms with Crippen molar-refractivity contribution in [1.29, 1.82) is 0 Å². The van der Waals surface area contributed by atoms with E-state index in [1.54, 1.807) is 0 Å². The minimum atomic E-state index is 0.540. The Hall–Kier alpha value is 0.140. The van der Waals surface area contributed by atoms with Gasteiger partial charge < -0.3 is 5.32 Å². The van der Waals surface area contributed by atoms with Crippen molar-refractivity contribution in [3.8, 4) is 0 Å². The molecule has 1 nitrogen and oxygen atoms in total. The van der Waals surface area contributed by atoms with Gasteiger partial charge in [0, 0.05) is 21.9 Å². The van der Waals surface area contributed by atoms with Crippen LogP contribution in [-0.4, -0.2) is 10.9 Å². The molecular formula is C12H17Br2N. The lowest BCUT2D eigenvalue weighted by molar-refractivity contribution is 0.515. The fourth-order valence-corrected chi connectivity index (χ4v) is 2.52. The Bertz CT molecular complexity index is 299. The van der Waals surface area contributed by atoms with Crippen molar-refractivity contribution >= 4 is 31.9 Å². The number of rotatable bonds is 5. The molecule has 1 rings (SSSR count). The third kappa shape index (κ3) is 5.69. The van der Waals surface area contributed by atoms with Crippen molar-refractivity contribution < 1.29 is 0 Å². The Morgan fingerprint density at radius 2 is 2.07 bits per heavy atom. The van der Waals surface area contributed by atoms with Crippen molar-refractivity contribution in [2.24, 2.45) is 0 Å². The molecule has 0 bridgehead atoms. The number of hydrogen-bond donors (Lipinski definition) is 1. The minimum Gasteiger partial charge on any atom is -0.310 e. The molecule has 84 valence electrons. The summed E-state index contributed by atoms with van der Waals surface area (Å²) in [4.78, 5) is 0.572. The van der Waals surface area contributed by atoms with Crippen LogP contribution >= 0.6 is 31.9 Å². The van der Waals surface area contributed by atoms with Crippen LogP contribution in [0.2, 0.25) is 0 Å². The lowest BCUT2D eigenvalue weighted by Crippen LogP contribution is -2.27. The molecule has 2 atom stereocenters. The average molecular weight is 335 g/mol. The van der Waals surface area contributed by atoms with Gasteiger partial charge in [-0.25, -0.2) is 0 Å². The van der Waals surface area contributed by atoms with E-state index in [1.165, 1.54) is 5.56 Å². The normalized spacial score (nSPS) is 14.9. The molecule has 0 saturated heterocycles. The van der Waals surface area contributed by atoms with E-state index in [0.717, 1.165) is 17.4 Å². The van der Waals surface area contributed by atoms with E-state index in [2.05, 4.69) is 69.2 Å². The first kappa shape index (κ1) is 13.2. The number of alkyl halides is 1. The molecule has 0 spiro atoms. The molecule has 0 amide bonds. The summed E-state index contributed by atoms with van der Waals surface area (Å²) in [5.41, 5.74) is 1.32. The van der Waals surface area contributed by atoms with Crippen LogP contribution < -0.4 is 5.32 Å². The Morgan fingerprint density at radius 3 is 2.67 bits per heavy atom. The zero-order valence-electron chi connectivity index (χ0n) is 9.13. The molecule has 3 heteroatoms. The topological polar surface area (TPSA) is 12.0 Å². The Labute approximate surface area is 109 Å². The van der Waals surface area contributed by atoms with Crippen LogP contribution in [0.3, 0.4) is 0 Å². The number of hydrogen-bond acceptors (Lipinski definition) is 1. The molecule has 0 saturated carbocycles. The molecule has 1 aromatic rings. The molecule has 1 aromatic carbocycles. The van der Waals surface area contributed by atoms with Crippen LogP contribution in [0.25, 0.3) is 0 Å². The van der Waals surface area contributed by atoms with Crippen molar-refractivity contribution in [3.05, 3.63) is 34.3 Å². The quantitative estimate of drug-likeness (QED) is 0.799. The molecule has 2 unspecified atom stereocenters. The molecule has 0 aliphatic heterocycles. The Kier molecular flexibility index (Phi) is 5.87. The second kappa shape index (κ2) is 6.66. The first-order valence-corrected chi connectivity index (χ1v) is 6.90. The van der Waals surface area contributed by atoms with Crippen LogP contribution in [-0.2, 0) is 6.54 Å². The smallest absolute Gasteiger partial charge is 0.0208 e. The highest BCUT2D eigenvalue weighted by molar-refractivity contribution is 9.10. The van der Waals surface area contributed by atoms with Crippen LogP contribution in [0.5, 0.6) is 0 Å². The lowest BCUT2D eigenvalue weighted by atomic mass is 10.1.